The van der Waals surface area contributed by atoms with Gasteiger partial charge >= 0.3 is 0 Å². The average Bonchev–Trinajstić information content (AvgIpc) is 2.86. The lowest BCUT2D eigenvalue weighted by Gasteiger charge is -2.33. The molecule has 0 amide bonds. The SMILES string of the molecule is CCS(=O)(=O)N1CCC(NC(C)c2csc(Cl)c2)CC1. The molecule has 1 saturated heterocycles. The van der Waals surface area contributed by atoms with Crippen LogP contribution in [-0.2, 0) is 10.0 Å². The molecule has 2 heterocycles. The van der Waals surface area contributed by atoms with Crippen LogP contribution in [0.3, 0.4) is 0 Å². The molecule has 4 nitrogen and oxygen atoms in total. The van der Waals surface area contributed by atoms with E-state index in [1.807, 2.05) is 6.07 Å². The van der Waals surface area contributed by atoms with Crippen LogP contribution in [0, 0.1) is 0 Å². The minimum absolute atomic E-state index is 0.189. The Hall–Kier alpha value is -0.140. The quantitative estimate of drug-likeness (QED) is 0.899. The van der Waals surface area contributed by atoms with Crippen molar-refractivity contribution in [1.82, 2.24) is 9.62 Å². The summed E-state index contributed by atoms with van der Waals surface area (Å²) in [5.41, 5.74) is 1.20. The average molecular weight is 337 g/mol. The van der Waals surface area contributed by atoms with E-state index in [1.54, 1.807) is 11.2 Å². The van der Waals surface area contributed by atoms with E-state index >= 15 is 0 Å². The Kier molecular flexibility index (Phi) is 5.48. The molecule has 1 aliphatic rings. The topological polar surface area (TPSA) is 49.4 Å². The molecule has 114 valence electrons. The van der Waals surface area contributed by atoms with Gasteiger partial charge in [-0.25, -0.2) is 12.7 Å². The molecule has 1 N–H and O–H groups in total. The first-order valence-electron chi connectivity index (χ1n) is 6.90. The van der Waals surface area contributed by atoms with Crippen molar-refractivity contribution in [2.24, 2.45) is 0 Å². The number of rotatable bonds is 5. The van der Waals surface area contributed by atoms with Crippen LogP contribution in [0.15, 0.2) is 11.4 Å². The second-order valence-electron chi connectivity index (χ2n) is 5.15. The molecule has 1 aromatic heterocycles. The van der Waals surface area contributed by atoms with Crippen molar-refractivity contribution in [3.05, 3.63) is 21.3 Å². The van der Waals surface area contributed by atoms with Gasteiger partial charge in [0.1, 0.15) is 0 Å². The van der Waals surface area contributed by atoms with Gasteiger partial charge in [0.2, 0.25) is 10.0 Å². The van der Waals surface area contributed by atoms with Gasteiger partial charge in [-0.15, -0.1) is 11.3 Å². The molecule has 0 radical (unpaired) electrons. The summed E-state index contributed by atoms with van der Waals surface area (Å²) in [6, 6.07) is 2.60. The predicted molar refractivity (Wildman–Crippen MR) is 84.9 cm³/mol. The van der Waals surface area contributed by atoms with Gasteiger partial charge in [-0.2, -0.15) is 0 Å². The summed E-state index contributed by atoms with van der Waals surface area (Å²) in [6.07, 6.45) is 1.73. The third kappa shape index (κ3) is 3.95. The number of halogens is 1. The molecule has 7 heteroatoms. The number of hydrogen-bond acceptors (Lipinski definition) is 4. The number of piperidine rings is 1. The Morgan fingerprint density at radius 2 is 2.15 bits per heavy atom. The van der Waals surface area contributed by atoms with Gasteiger partial charge in [0.05, 0.1) is 10.1 Å². The van der Waals surface area contributed by atoms with Crippen LogP contribution in [0.4, 0.5) is 0 Å². The van der Waals surface area contributed by atoms with Gasteiger partial charge in [0, 0.05) is 25.2 Å². The van der Waals surface area contributed by atoms with Crippen molar-refractivity contribution in [1.29, 1.82) is 0 Å². The first-order valence-corrected chi connectivity index (χ1v) is 9.77. The van der Waals surface area contributed by atoms with Crippen LogP contribution in [0.5, 0.6) is 0 Å². The van der Waals surface area contributed by atoms with E-state index in [2.05, 4.69) is 17.6 Å². The fourth-order valence-electron chi connectivity index (χ4n) is 2.48. The lowest BCUT2D eigenvalue weighted by molar-refractivity contribution is 0.277. The first-order chi connectivity index (χ1) is 9.42. The van der Waals surface area contributed by atoms with Gasteiger partial charge in [-0.3, -0.25) is 0 Å². The Morgan fingerprint density at radius 3 is 2.65 bits per heavy atom. The third-order valence-corrected chi connectivity index (χ3v) is 6.78. The minimum Gasteiger partial charge on any atom is -0.307 e. The van der Waals surface area contributed by atoms with E-state index in [1.165, 1.54) is 16.9 Å². The highest BCUT2D eigenvalue weighted by atomic mass is 35.5. The summed E-state index contributed by atoms with van der Waals surface area (Å²) < 4.78 is 26.0. The molecular weight excluding hydrogens is 316 g/mol. The number of sulfonamides is 1. The zero-order valence-electron chi connectivity index (χ0n) is 11.8. The van der Waals surface area contributed by atoms with E-state index in [9.17, 15) is 8.42 Å². The molecule has 1 unspecified atom stereocenters. The molecule has 0 aliphatic carbocycles. The Morgan fingerprint density at radius 1 is 1.50 bits per heavy atom. The summed E-state index contributed by atoms with van der Waals surface area (Å²) in [5.74, 6) is 0.189. The van der Waals surface area contributed by atoms with Gasteiger partial charge in [0.15, 0.2) is 0 Å². The van der Waals surface area contributed by atoms with Gasteiger partial charge < -0.3 is 5.32 Å². The predicted octanol–water partition coefficient (Wildman–Crippen LogP) is 2.87. The fraction of sp³-hybridized carbons (Fsp3) is 0.692. The smallest absolute Gasteiger partial charge is 0.213 e. The Bertz CT molecular complexity index is 536. The summed E-state index contributed by atoms with van der Waals surface area (Å²) in [4.78, 5) is 0. The third-order valence-electron chi connectivity index (χ3n) is 3.79. The second-order valence-corrected chi connectivity index (χ2v) is 8.95. The maximum absolute atomic E-state index is 11.8. The zero-order valence-corrected chi connectivity index (χ0v) is 14.2. The van der Waals surface area contributed by atoms with E-state index in [0.29, 0.717) is 19.1 Å². The number of nitrogens with one attached hydrogen (secondary N) is 1. The summed E-state index contributed by atoms with van der Waals surface area (Å²) in [6.45, 7) is 5.05. The lowest BCUT2D eigenvalue weighted by Crippen LogP contribution is -2.45. The monoisotopic (exact) mass is 336 g/mol. The molecule has 20 heavy (non-hydrogen) atoms. The fourth-order valence-corrected chi connectivity index (χ4v) is 4.60. The normalized spacial score (nSPS) is 20.1. The van der Waals surface area contributed by atoms with Crippen molar-refractivity contribution in [3.63, 3.8) is 0 Å². The summed E-state index contributed by atoms with van der Waals surface area (Å²) >= 11 is 7.49. The first kappa shape index (κ1) is 16.2. The molecule has 1 atom stereocenters. The highest BCUT2D eigenvalue weighted by Gasteiger charge is 2.27. The molecule has 2 rings (SSSR count). The van der Waals surface area contributed by atoms with Crippen molar-refractivity contribution in [3.8, 4) is 0 Å². The zero-order chi connectivity index (χ0) is 14.8. The van der Waals surface area contributed by atoms with Crippen LogP contribution in [-0.4, -0.2) is 37.6 Å². The van der Waals surface area contributed by atoms with E-state index in [4.69, 9.17) is 11.6 Å². The Labute approximate surface area is 130 Å². The molecule has 1 aromatic rings. The molecule has 1 aliphatic heterocycles. The van der Waals surface area contributed by atoms with E-state index < -0.39 is 10.0 Å². The highest BCUT2D eigenvalue weighted by molar-refractivity contribution is 7.89. The van der Waals surface area contributed by atoms with Gasteiger partial charge in [0.25, 0.3) is 0 Å². The lowest BCUT2D eigenvalue weighted by atomic mass is 10.0. The van der Waals surface area contributed by atoms with Crippen LogP contribution < -0.4 is 5.32 Å². The largest absolute Gasteiger partial charge is 0.307 e. The van der Waals surface area contributed by atoms with Crippen LogP contribution in [0.2, 0.25) is 4.34 Å². The van der Waals surface area contributed by atoms with Crippen LogP contribution >= 0.6 is 22.9 Å². The van der Waals surface area contributed by atoms with Gasteiger partial charge in [-0.1, -0.05) is 11.6 Å². The van der Waals surface area contributed by atoms with Crippen LogP contribution in [0.25, 0.3) is 0 Å². The van der Waals surface area contributed by atoms with Gasteiger partial charge in [-0.05, 0) is 43.7 Å². The van der Waals surface area contributed by atoms with Crippen molar-refractivity contribution < 1.29 is 8.42 Å². The molecular formula is C13H21ClN2O2S2. The molecule has 0 aromatic carbocycles. The summed E-state index contributed by atoms with van der Waals surface area (Å²) in [7, 11) is -3.03. The standard InChI is InChI=1S/C13H21ClN2O2S2/c1-3-20(17,18)16-6-4-12(5-7-16)15-10(2)11-8-13(14)19-9-11/h8-10,12,15H,3-7H2,1-2H3. The van der Waals surface area contributed by atoms with E-state index in [0.717, 1.165) is 17.2 Å². The Balaban J connectivity index is 1.86. The molecule has 0 saturated carbocycles. The van der Waals surface area contributed by atoms with E-state index in [-0.39, 0.29) is 11.8 Å². The number of hydrogen-bond donors (Lipinski definition) is 1. The molecule has 0 spiro atoms. The molecule has 1 fully saturated rings. The van der Waals surface area contributed by atoms with Crippen molar-refractivity contribution >= 4 is 33.0 Å². The second kappa shape index (κ2) is 6.75. The summed E-state index contributed by atoms with van der Waals surface area (Å²) in [5, 5.41) is 5.63. The number of nitrogens with zero attached hydrogens (tertiary/aromatic N) is 1. The maximum atomic E-state index is 11.8. The number of thiophene rings is 1. The van der Waals surface area contributed by atoms with Crippen molar-refractivity contribution in [2.45, 2.75) is 38.8 Å². The maximum Gasteiger partial charge on any atom is 0.213 e. The highest BCUT2D eigenvalue weighted by Crippen LogP contribution is 2.26. The van der Waals surface area contributed by atoms with Crippen molar-refractivity contribution in [2.75, 3.05) is 18.8 Å². The minimum atomic E-state index is -3.03. The molecule has 0 bridgehead atoms. The van der Waals surface area contributed by atoms with Crippen LogP contribution in [0.1, 0.15) is 38.3 Å².